The van der Waals surface area contributed by atoms with Gasteiger partial charge in [-0.1, -0.05) is 194 Å². The first-order chi connectivity index (χ1) is 26.3. The number of benzene rings is 8. The molecule has 0 saturated heterocycles. The average Bonchev–Trinajstić information content (AvgIpc) is 3.19. The molecular formula is C48H40O4P2Ru+3. The van der Waals surface area contributed by atoms with Crippen LogP contribution in [0, 0.1) is 0 Å². The van der Waals surface area contributed by atoms with Crippen molar-refractivity contribution in [1.29, 1.82) is 0 Å². The van der Waals surface area contributed by atoms with Crippen molar-refractivity contribution in [3.8, 4) is 11.1 Å². The first kappa shape index (κ1) is 40.9. The van der Waals surface area contributed by atoms with Crippen LogP contribution in [0.1, 0.15) is 13.8 Å². The third-order valence-electron chi connectivity index (χ3n) is 8.60. The molecule has 0 unspecified atom stereocenters. The van der Waals surface area contributed by atoms with E-state index in [2.05, 4.69) is 194 Å². The zero-order chi connectivity index (χ0) is 37.9. The van der Waals surface area contributed by atoms with Crippen molar-refractivity contribution < 1.29 is 39.3 Å². The molecule has 0 heterocycles. The van der Waals surface area contributed by atoms with Gasteiger partial charge in [-0.3, -0.25) is 9.59 Å². The van der Waals surface area contributed by atoms with E-state index in [1.807, 2.05) is 0 Å². The van der Waals surface area contributed by atoms with Crippen LogP contribution in [-0.4, -0.2) is 22.2 Å². The van der Waals surface area contributed by atoms with Gasteiger partial charge in [0.15, 0.2) is 0 Å². The third-order valence-corrected chi connectivity index (χ3v) is 13.6. The molecule has 0 atom stereocenters. The monoisotopic (exact) mass is 844 g/mol. The van der Waals surface area contributed by atoms with E-state index in [1.165, 1.54) is 64.5 Å². The Morgan fingerprint density at radius 3 is 0.873 bits per heavy atom. The molecule has 1 radical (unpaired) electrons. The molecular weight excluding hydrogens is 804 g/mol. The maximum atomic E-state index is 9.00. The second-order valence-corrected chi connectivity index (χ2v) is 16.8. The van der Waals surface area contributed by atoms with Gasteiger partial charge in [0.05, 0.1) is 0 Å². The van der Waals surface area contributed by atoms with E-state index in [0.29, 0.717) is 0 Å². The summed E-state index contributed by atoms with van der Waals surface area (Å²) in [7, 11) is -1.70. The molecule has 271 valence electrons. The van der Waals surface area contributed by atoms with E-state index >= 15 is 0 Å². The largest absolute Gasteiger partial charge is 3.00 e. The summed E-state index contributed by atoms with van der Waals surface area (Å²) in [4.78, 5) is 18.0. The quantitative estimate of drug-likeness (QED) is 0.124. The van der Waals surface area contributed by atoms with Gasteiger partial charge in [0.2, 0.25) is 0 Å². The number of carboxylic acid groups (broad SMARTS) is 2. The number of hydrogen-bond donors (Lipinski definition) is 2. The van der Waals surface area contributed by atoms with Crippen LogP contribution in [0.5, 0.6) is 0 Å². The van der Waals surface area contributed by atoms with Gasteiger partial charge < -0.3 is 10.2 Å². The topological polar surface area (TPSA) is 74.6 Å². The Kier molecular flexibility index (Phi) is 14.8. The molecule has 55 heavy (non-hydrogen) atoms. The molecule has 0 aromatic heterocycles. The molecule has 0 aliphatic carbocycles. The molecule has 8 aromatic rings. The smallest absolute Gasteiger partial charge is 0.481 e. The van der Waals surface area contributed by atoms with E-state index in [-0.39, 0.29) is 19.5 Å². The summed E-state index contributed by atoms with van der Waals surface area (Å²) < 4.78 is 0. The maximum Gasteiger partial charge on any atom is 3.00 e. The second kappa shape index (κ2) is 19.9. The molecule has 0 aliphatic heterocycles. The van der Waals surface area contributed by atoms with Crippen molar-refractivity contribution in [3.63, 3.8) is 0 Å². The van der Waals surface area contributed by atoms with Gasteiger partial charge in [0.25, 0.3) is 11.9 Å². The summed E-state index contributed by atoms with van der Waals surface area (Å²) in [5.41, 5.74) is 2.70. The van der Waals surface area contributed by atoms with Crippen LogP contribution >= 0.6 is 15.8 Å². The summed E-state index contributed by atoms with van der Waals surface area (Å²) in [6, 6.07) is 71.8. The summed E-state index contributed by atoms with van der Waals surface area (Å²) in [5, 5.41) is 28.2. The fourth-order valence-corrected chi connectivity index (χ4v) is 11.5. The van der Waals surface area contributed by atoms with Crippen LogP contribution in [0.4, 0.5) is 0 Å². The summed E-state index contributed by atoms with van der Waals surface area (Å²) in [6.07, 6.45) is 0. The van der Waals surface area contributed by atoms with Crippen LogP contribution in [0.15, 0.2) is 194 Å². The number of carbonyl (C=O) groups is 2. The molecule has 4 nitrogen and oxygen atoms in total. The molecule has 0 amide bonds. The van der Waals surface area contributed by atoms with E-state index < -0.39 is 27.8 Å². The zero-order valence-electron chi connectivity index (χ0n) is 30.4. The predicted molar refractivity (Wildman–Crippen MR) is 231 cm³/mol. The SMILES string of the molecule is CC(=O)O.CC(=O)O.[Ru+3].c1ccc(P(c2ccccc2)c2ccc3ccccc3c2-c2c(P(c3ccccc3)c3ccccc3)ccc3ccccc23)cc1. The minimum atomic E-state index is -0.852. The molecule has 0 aliphatic rings. The molecule has 8 aromatic carbocycles. The van der Waals surface area contributed by atoms with Gasteiger partial charge in [-0.15, -0.1) is 0 Å². The Morgan fingerprint density at radius 2 is 0.600 bits per heavy atom. The predicted octanol–water partition coefficient (Wildman–Crippen LogP) is 9.36. The third kappa shape index (κ3) is 10.1. The standard InChI is InChI=1S/C44H32P2.2C2H4O2.Ru/c1-5-19-35(20-6-1)45(36-21-7-2-8-22-36)41-31-29-33-17-13-15-27-39(33)43(41)44-40-28-16-14-18-34(40)30-32-42(44)46(37-23-9-3-10-24-37)38-25-11-4-12-26-38;2*1-2(3)4;/h1-32H;2*1H3,(H,3,4);/q;;;+3. The first-order valence-corrected chi connectivity index (χ1v) is 20.2. The van der Waals surface area contributed by atoms with Crippen molar-refractivity contribution in [3.05, 3.63) is 194 Å². The Morgan fingerprint density at radius 1 is 0.364 bits per heavy atom. The number of hydrogen-bond acceptors (Lipinski definition) is 2. The summed E-state index contributed by atoms with van der Waals surface area (Å²) >= 11 is 0. The van der Waals surface area contributed by atoms with E-state index in [9.17, 15) is 0 Å². The van der Waals surface area contributed by atoms with Gasteiger partial charge in [-0.05, 0) is 80.3 Å². The number of rotatable bonds is 7. The van der Waals surface area contributed by atoms with Gasteiger partial charge in [-0.25, -0.2) is 0 Å². The van der Waals surface area contributed by atoms with Gasteiger partial charge in [0.1, 0.15) is 0 Å². The Bertz CT molecular complexity index is 2220. The van der Waals surface area contributed by atoms with Crippen LogP contribution in [0.25, 0.3) is 32.7 Å². The number of fused-ring (bicyclic) bond motifs is 2. The Hall–Kier alpha value is -5.30. The second-order valence-electron chi connectivity index (χ2n) is 12.4. The normalized spacial score (nSPS) is 10.5. The molecule has 0 fully saturated rings. The average molecular weight is 844 g/mol. The van der Waals surface area contributed by atoms with Crippen molar-refractivity contribution in [2.75, 3.05) is 0 Å². The molecule has 2 N–H and O–H groups in total. The van der Waals surface area contributed by atoms with Crippen molar-refractivity contribution in [2.45, 2.75) is 13.8 Å². The first-order valence-electron chi connectivity index (χ1n) is 17.6. The zero-order valence-corrected chi connectivity index (χ0v) is 34.0. The summed E-state index contributed by atoms with van der Waals surface area (Å²) in [6.45, 7) is 2.17. The molecule has 7 heteroatoms. The molecule has 8 rings (SSSR count). The van der Waals surface area contributed by atoms with Gasteiger partial charge in [0, 0.05) is 13.8 Å². The van der Waals surface area contributed by atoms with Crippen LogP contribution in [0.3, 0.4) is 0 Å². The van der Waals surface area contributed by atoms with Gasteiger partial charge >= 0.3 is 19.5 Å². The Labute approximate surface area is 337 Å². The van der Waals surface area contributed by atoms with E-state index in [0.717, 1.165) is 13.8 Å². The minimum Gasteiger partial charge on any atom is -0.481 e. The molecule has 0 spiro atoms. The molecule has 0 bridgehead atoms. The summed E-state index contributed by atoms with van der Waals surface area (Å²) in [5.74, 6) is -1.67. The number of aliphatic carboxylic acids is 2. The Balaban J connectivity index is 0.000000591. The fourth-order valence-electron chi connectivity index (χ4n) is 6.58. The van der Waals surface area contributed by atoms with Crippen molar-refractivity contribution in [1.82, 2.24) is 0 Å². The van der Waals surface area contributed by atoms with Crippen LogP contribution < -0.4 is 31.8 Å². The van der Waals surface area contributed by atoms with Crippen LogP contribution in [-0.2, 0) is 29.1 Å². The van der Waals surface area contributed by atoms with Gasteiger partial charge in [-0.2, -0.15) is 0 Å². The fraction of sp³-hybridized carbons (Fsp3) is 0.0417. The van der Waals surface area contributed by atoms with Crippen molar-refractivity contribution in [2.24, 2.45) is 0 Å². The molecule has 0 saturated carbocycles. The van der Waals surface area contributed by atoms with E-state index in [1.54, 1.807) is 0 Å². The minimum absolute atomic E-state index is 0. The van der Waals surface area contributed by atoms with Crippen LogP contribution in [0.2, 0.25) is 0 Å². The maximum absolute atomic E-state index is 9.00. The van der Waals surface area contributed by atoms with E-state index in [4.69, 9.17) is 19.8 Å². The van der Waals surface area contributed by atoms with Crippen molar-refractivity contribution >= 4 is 81.2 Å². The number of carboxylic acids is 2.